The van der Waals surface area contributed by atoms with Gasteiger partial charge >= 0.3 is 0 Å². The first kappa shape index (κ1) is 16.2. The van der Waals surface area contributed by atoms with E-state index in [9.17, 15) is 0 Å². The fourth-order valence-corrected chi connectivity index (χ4v) is 2.30. The molecule has 19 heavy (non-hydrogen) atoms. The number of hydrogen-bond acceptors (Lipinski definition) is 2. The molecular weight excluding hydrogens is 280 g/mol. The maximum atomic E-state index is 6.00. The summed E-state index contributed by atoms with van der Waals surface area (Å²) in [4.78, 5) is 6.72. The lowest BCUT2D eigenvalue weighted by Crippen LogP contribution is -2.39. The second-order valence-electron chi connectivity index (χ2n) is 4.35. The predicted molar refractivity (Wildman–Crippen MR) is 86.3 cm³/mol. The van der Waals surface area contributed by atoms with E-state index in [1.165, 1.54) is 5.69 Å². The molecule has 1 aromatic rings. The van der Waals surface area contributed by atoms with Gasteiger partial charge in [0.25, 0.3) is 0 Å². The number of rotatable bonds is 6. The molecule has 1 rings (SSSR count). The Balaban J connectivity index is 2.68. The number of nitrogens with zero attached hydrogens (tertiary/aromatic N) is 3. The molecule has 0 bridgehead atoms. The zero-order valence-corrected chi connectivity index (χ0v) is 13.7. The van der Waals surface area contributed by atoms with E-state index in [-0.39, 0.29) is 0 Å². The van der Waals surface area contributed by atoms with Crippen LogP contribution in [0.3, 0.4) is 0 Å². The van der Waals surface area contributed by atoms with E-state index in [2.05, 4.69) is 28.4 Å². The first-order chi connectivity index (χ1) is 9.08. The van der Waals surface area contributed by atoms with Crippen LogP contribution in [0.1, 0.15) is 12.6 Å². The molecular formula is C13H23ClN4S. The van der Waals surface area contributed by atoms with Gasteiger partial charge in [-0.3, -0.25) is 4.99 Å². The van der Waals surface area contributed by atoms with Gasteiger partial charge in [-0.1, -0.05) is 11.6 Å². The molecule has 0 atom stereocenters. The van der Waals surface area contributed by atoms with Gasteiger partial charge in [0.1, 0.15) is 0 Å². The summed E-state index contributed by atoms with van der Waals surface area (Å²) in [6.07, 6.45) is 4.01. The molecule has 0 amide bonds. The van der Waals surface area contributed by atoms with Crippen LogP contribution in [0.25, 0.3) is 0 Å². The summed E-state index contributed by atoms with van der Waals surface area (Å²) in [5.74, 6) is 1.98. The molecule has 0 saturated heterocycles. The van der Waals surface area contributed by atoms with Crippen LogP contribution < -0.4 is 5.32 Å². The van der Waals surface area contributed by atoms with Crippen molar-refractivity contribution in [2.75, 3.05) is 32.1 Å². The molecule has 0 spiro atoms. The molecule has 4 nitrogen and oxygen atoms in total. The van der Waals surface area contributed by atoms with Gasteiger partial charge in [-0.2, -0.15) is 11.8 Å². The van der Waals surface area contributed by atoms with Gasteiger partial charge in [-0.05, 0) is 19.2 Å². The molecule has 0 fully saturated rings. The van der Waals surface area contributed by atoms with E-state index in [4.69, 9.17) is 11.6 Å². The topological polar surface area (TPSA) is 32.6 Å². The number of thioether (sulfide) groups is 1. The Bertz CT molecular complexity index is 417. The molecule has 108 valence electrons. The van der Waals surface area contributed by atoms with Gasteiger partial charge in [0.05, 0.1) is 18.1 Å². The quantitative estimate of drug-likeness (QED) is 0.498. The molecule has 0 saturated carbocycles. The first-order valence-electron chi connectivity index (χ1n) is 6.37. The van der Waals surface area contributed by atoms with Gasteiger partial charge < -0.3 is 14.8 Å². The largest absolute Gasteiger partial charge is 0.357 e. The number of aryl methyl sites for hydroxylation is 1. The third kappa shape index (κ3) is 5.37. The average Bonchev–Trinajstić information content (AvgIpc) is 2.67. The van der Waals surface area contributed by atoms with Crippen molar-refractivity contribution in [3.8, 4) is 0 Å². The van der Waals surface area contributed by atoms with Gasteiger partial charge in [-0.15, -0.1) is 0 Å². The van der Waals surface area contributed by atoms with Crippen molar-refractivity contribution >= 4 is 29.3 Å². The SMILES string of the molecule is CCNC(=NCCSC)N(C)Cc1cc(Cl)cn1C. The minimum atomic E-state index is 0.773. The lowest BCUT2D eigenvalue weighted by Gasteiger charge is -2.22. The van der Waals surface area contributed by atoms with Crippen LogP contribution in [-0.4, -0.2) is 47.6 Å². The van der Waals surface area contributed by atoms with Crippen LogP contribution in [0.2, 0.25) is 5.02 Å². The Labute approximate surface area is 125 Å². The van der Waals surface area contributed by atoms with Crippen molar-refractivity contribution < 1.29 is 0 Å². The molecule has 0 radical (unpaired) electrons. The summed E-state index contributed by atoms with van der Waals surface area (Å²) in [6, 6.07) is 1.99. The molecule has 6 heteroatoms. The summed E-state index contributed by atoms with van der Waals surface area (Å²) in [5.41, 5.74) is 1.17. The number of nitrogens with one attached hydrogen (secondary N) is 1. The zero-order chi connectivity index (χ0) is 14.3. The number of halogens is 1. The Morgan fingerprint density at radius 1 is 1.58 bits per heavy atom. The Kier molecular flexibility index (Phi) is 7.16. The van der Waals surface area contributed by atoms with Gasteiger partial charge in [0.15, 0.2) is 5.96 Å². The van der Waals surface area contributed by atoms with Crippen LogP contribution in [-0.2, 0) is 13.6 Å². The third-order valence-corrected chi connectivity index (χ3v) is 3.52. The first-order valence-corrected chi connectivity index (χ1v) is 8.14. The van der Waals surface area contributed by atoms with Gasteiger partial charge in [-0.25, -0.2) is 0 Å². The Morgan fingerprint density at radius 3 is 2.84 bits per heavy atom. The normalized spacial score (nSPS) is 11.7. The van der Waals surface area contributed by atoms with Crippen LogP contribution in [0, 0.1) is 0 Å². The highest BCUT2D eigenvalue weighted by Crippen LogP contribution is 2.14. The van der Waals surface area contributed by atoms with Gasteiger partial charge in [0, 0.05) is 38.3 Å². The number of aliphatic imine (C=N–C) groups is 1. The lowest BCUT2D eigenvalue weighted by molar-refractivity contribution is 0.462. The molecule has 0 aliphatic heterocycles. The van der Waals surface area contributed by atoms with Gasteiger partial charge in [0.2, 0.25) is 0 Å². The summed E-state index contributed by atoms with van der Waals surface area (Å²) in [7, 11) is 4.05. The van der Waals surface area contributed by atoms with E-state index in [1.807, 2.05) is 42.7 Å². The lowest BCUT2D eigenvalue weighted by atomic mass is 10.4. The minimum Gasteiger partial charge on any atom is -0.357 e. The molecule has 1 aromatic heterocycles. The van der Waals surface area contributed by atoms with E-state index >= 15 is 0 Å². The van der Waals surface area contributed by atoms with E-state index < -0.39 is 0 Å². The van der Waals surface area contributed by atoms with E-state index in [1.54, 1.807) is 0 Å². The maximum absolute atomic E-state index is 6.00. The fourth-order valence-electron chi connectivity index (χ4n) is 1.75. The van der Waals surface area contributed by atoms with Crippen LogP contribution >= 0.6 is 23.4 Å². The Morgan fingerprint density at radius 2 is 2.32 bits per heavy atom. The van der Waals surface area contributed by atoms with Crippen LogP contribution in [0.4, 0.5) is 0 Å². The molecule has 0 aromatic carbocycles. The standard InChI is InChI=1S/C13H23ClN4S/c1-5-15-13(16-6-7-19-4)18(3)10-12-8-11(14)9-17(12)2/h8-9H,5-7,10H2,1-4H3,(H,15,16). The molecule has 0 aliphatic rings. The third-order valence-electron chi connectivity index (χ3n) is 2.73. The zero-order valence-electron chi connectivity index (χ0n) is 12.1. The minimum absolute atomic E-state index is 0.773. The van der Waals surface area contributed by atoms with Crippen molar-refractivity contribution in [3.05, 3.63) is 23.0 Å². The summed E-state index contributed by atoms with van der Waals surface area (Å²) in [6.45, 7) is 4.57. The van der Waals surface area contributed by atoms with Crippen molar-refractivity contribution in [1.29, 1.82) is 0 Å². The highest BCUT2D eigenvalue weighted by molar-refractivity contribution is 7.98. The maximum Gasteiger partial charge on any atom is 0.194 e. The predicted octanol–water partition coefficient (Wildman–Crippen LogP) is 2.44. The van der Waals surface area contributed by atoms with Crippen molar-refractivity contribution in [2.24, 2.45) is 12.0 Å². The number of aromatic nitrogens is 1. The van der Waals surface area contributed by atoms with Crippen molar-refractivity contribution in [3.63, 3.8) is 0 Å². The summed E-state index contributed by atoms with van der Waals surface area (Å²) >= 11 is 7.81. The van der Waals surface area contributed by atoms with E-state index in [0.29, 0.717) is 0 Å². The monoisotopic (exact) mass is 302 g/mol. The number of guanidine groups is 1. The summed E-state index contributed by atoms with van der Waals surface area (Å²) < 4.78 is 2.05. The van der Waals surface area contributed by atoms with Crippen molar-refractivity contribution in [2.45, 2.75) is 13.5 Å². The highest BCUT2D eigenvalue weighted by Gasteiger charge is 2.09. The molecule has 0 aliphatic carbocycles. The molecule has 1 N–H and O–H groups in total. The summed E-state index contributed by atoms with van der Waals surface area (Å²) in [5, 5.41) is 4.09. The molecule has 1 heterocycles. The smallest absolute Gasteiger partial charge is 0.194 e. The second-order valence-corrected chi connectivity index (χ2v) is 5.77. The van der Waals surface area contributed by atoms with E-state index in [0.717, 1.165) is 36.4 Å². The number of hydrogen-bond donors (Lipinski definition) is 1. The Hall–Kier alpha value is -0.810. The second kappa shape index (κ2) is 8.38. The van der Waals surface area contributed by atoms with Crippen LogP contribution in [0.5, 0.6) is 0 Å². The van der Waals surface area contributed by atoms with Crippen molar-refractivity contribution in [1.82, 2.24) is 14.8 Å². The van der Waals surface area contributed by atoms with Crippen LogP contribution in [0.15, 0.2) is 17.3 Å². The average molecular weight is 303 g/mol. The fraction of sp³-hybridized carbons (Fsp3) is 0.615. The molecule has 0 unspecified atom stereocenters. The highest BCUT2D eigenvalue weighted by atomic mass is 35.5.